The van der Waals surface area contributed by atoms with Crippen LogP contribution in [-0.2, 0) is 18.9 Å². The first-order chi connectivity index (χ1) is 17.9. The average molecular weight is 536 g/mol. The van der Waals surface area contributed by atoms with E-state index in [1.54, 1.807) is 6.20 Å². The number of fused-ring (bicyclic) bond motifs is 1. The SMILES string of the molecule is Fc1cccc(-c2nc3cn[n+](Cc4ccc(-c5ccc(C(F)(F)F)cc5C(F)(F)F)nc4)cc3[nH]2)c1F. The van der Waals surface area contributed by atoms with Gasteiger partial charge in [0.15, 0.2) is 11.6 Å². The van der Waals surface area contributed by atoms with Crippen LogP contribution in [0, 0.1) is 11.6 Å². The van der Waals surface area contributed by atoms with E-state index in [0.717, 1.165) is 12.1 Å². The first-order valence-electron chi connectivity index (χ1n) is 10.8. The summed E-state index contributed by atoms with van der Waals surface area (Å²) in [5.74, 6) is -1.98. The summed E-state index contributed by atoms with van der Waals surface area (Å²) in [6, 6.07) is 7.82. The van der Waals surface area contributed by atoms with Crippen molar-refractivity contribution in [1.82, 2.24) is 20.1 Å². The maximum atomic E-state index is 14.1. The van der Waals surface area contributed by atoms with Crippen molar-refractivity contribution in [2.24, 2.45) is 0 Å². The van der Waals surface area contributed by atoms with Gasteiger partial charge >= 0.3 is 12.4 Å². The molecule has 5 aromatic rings. The van der Waals surface area contributed by atoms with Gasteiger partial charge in [0.1, 0.15) is 23.1 Å². The van der Waals surface area contributed by atoms with Crippen LogP contribution in [-0.4, -0.2) is 20.1 Å². The molecule has 0 atom stereocenters. The van der Waals surface area contributed by atoms with E-state index in [9.17, 15) is 35.1 Å². The predicted octanol–water partition coefficient (Wildman–Crippen LogP) is 6.34. The third kappa shape index (κ3) is 4.91. The van der Waals surface area contributed by atoms with Crippen molar-refractivity contribution in [3.05, 3.63) is 95.4 Å². The van der Waals surface area contributed by atoms with Crippen LogP contribution in [0.3, 0.4) is 0 Å². The number of rotatable bonds is 4. The lowest BCUT2D eigenvalue weighted by molar-refractivity contribution is -0.745. The molecule has 0 aliphatic rings. The Kier molecular flexibility index (Phi) is 6.08. The van der Waals surface area contributed by atoms with Gasteiger partial charge in [-0.3, -0.25) is 4.98 Å². The first-order valence-corrected chi connectivity index (χ1v) is 10.8. The Bertz CT molecular complexity index is 1640. The lowest BCUT2D eigenvalue weighted by Gasteiger charge is -2.15. The van der Waals surface area contributed by atoms with Gasteiger partial charge in [-0.1, -0.05) is 16.8 Å². The van der Waals surface area contributed by atoms with E-state index in [1.165, 1.54) is 41.3 Å². The summed E-state index contributed by atoms with van der Waals surface area (Å²) >= 11 is 0. The zero-order chi connectivity index (χ0) is 27.2. The number of nitrogens with zero attached hydrogens (tertiary/aromatic N) is 4. The lowest BCUT2D eigenvalue weighted by atomic mass is 10.00. The molecule has 0 saturated carbocycles. The van der Waals surface area contributed by atoms with Crippen LogP contribution in [0.25, 0.3) is 33.7 Å². The minimum absolute atomic E-state index is 0.0611. The molecule has 194 valence electrons. The molecule has 0 radical (unpaired) electrons. The normalized spacial score (nSPS) is 12.3. The third-order valence-corrected chi connectivity index (χ3v) is 5.67. The van der Waals surface area contributed by atoms with Gasteiger partial charge in [-0.25, -0.2) is 13.8 Å². The fourth-order valence-electron chi connectivity index (χ4n) is 3.85. The molecule has 0 aliphatic carbocycles. The summed E-state index contributed by atoms with van der Waals surface area (Å²) in [7, 11) is 0. The Morgan fingerprint density at radius 3 is 2.32 bits per heavy atom. The third-order valence-electron chi connectivity index (χ3n) is 5.67. The highest BCUT2D eigenvalue weighted by atomic mass is 19.4. The van der Waals surface area contributed by atoms with Gasteiger partial charge in [0.25, 0.3) is 0 Å². The zero-order valence-electron chi connectivity index (χ0n) is 18.9. The number of aromatic amines is 1. The Morgan fingerprint density at radius 2 is 1.63 bits per heavy atom. The van der Waals surface area contributed by atoms with Crippen molar-refractivity contribution >= 4 is 11.0 Å². The van der Waals surface area contributed by atoms with Crippen LogP contribution < -0.4 is 4.68 Å². The molecule has 0 fully saturated rings. The predicted molar refractivity (Wildman–Crippen MR) is 118 cm³/mol. The van der Waals surface area contributed by atoms with Crippen molar-refractivity contribution in [3.8, 4) is 22.6 Å². The summed E-state index contributed by atoms with van der Waals surface area (Å²) < 4.78 is 108. The molecule has 0 spiro atoms. The summed E-state index contributed by atoms with van der Waals surface area (Å²) in [6.45, 7) is 0.130. The van der Waals surface area contributed by atoms with Crippen molar-refractivity contribution < 1.29 is 39.8 Å². The molecule has 5 nitrogen and oxygen atoms in total. The molecule has 2 aromatic carbocycles. The Labute approximate surface area is 208 Å². The number of H-pyrrole nitrogens is 1. The fraction of sp³-hybridized carbons (Fsp3) is 0.120. The topological polar surface area (TPSA) is 58.3 Å². The highest BCUT2D eigenvalue weighted by molar-refractivity contribution is 5.77. The van der Waals surface area contributed by atoms with E-state index >= 15 is 0 Å². The summed E-state index contributed by atoms with van der Waals surface area (Å²) in [4.78, 5) is 11.1. The minimum atomic E-state index is -5.02. The molecule has 38 heavy (non-hydrogen) atoms. The monoisotopic (exact) mass is 536 g/mol. The van der Waals surface area contributed by atoms with E-state index in [1.807, 2.05) is 0 Å². The van der Waals surface area contributed by atoms with E-state index in [2.05, 4.69) is 20.1 Å². The number of alkyl halides is 6. The van der Waals surface area contributed by atoms with E-state index < -0.39 is 40.7 Å². The van der Waals surface area contributed by atoms with E-state index in [-0.39, 0.29) is 29.7 Å². The van der Waals surface area contributed by atoms with Crippen LogP contribution in [0.4, 0.5) is 35.1 Å². The summed E-state index contributed by atoms with van der Waals surface area (Å²) in [5.41, 5.74) is -2.18. The molecule has 0 unspecified atom stereocenters. The highest BCUT2D eigenvalue weighted by Crippen LogP contribution is 2.40. The van der Waals surface area contributed by atoms with Crippen molar-refractivity contribution in [2.45, 2.75) is 18.9 Å². The number of benzene rings is 2. The smallest absolute Gasteiger partial charge is 0.333 e. The second-order valence-corrected chi connectivity index (χ2v) is 8.26. The van der Waals surface area contributed by atoms with Gasteiger partial charge in [-0.2, -0.15) is 26.3 Å². The molecular weight excluding hydrogens is 522 g/mol. The van der Waals surface area contributed by atoms with Crippen LogP contribution in [0.1, 0.15) is 16.7 Å². The van der Waals surface area contributed by atoms with Crippen molar-refractivity contribution in [1.29, 1.82) is 0 Å². The molecule has 0 saturated heterocycles. The van der Waals surface area contributed by atoms with Gasteiger partial charge < -0.3 is 4.98 Å². The zero-order valence-corrected chi connectivity index (χ0v) is 18.9. The molecule has 13 heteroatoms. The van der Waals surface area contributed by atoms with E-state index in [4.69, 9.17) is 0 Å². The van der Waals surface area contributed by atoms with Crippen LogP contribution in [0.2, 0.25) is 0 Å². The fourth-order valence-corrected chi connectivity index (χ4v) is 3.85. The van der Waals surface area contributed by atoms with Crippen LogP contribution in [0.5, 0.6) is 0 Å². The molecule has 3 heterocycles. The van der Waals surface area contributed by atoms with Crippen molar-refractivity contribution in [2.75, 3.05) is 0 Å². The Balaban J connectivity index is 1.41. The summed E-state index contributed by atoms with van der Waals surface area (Å²) in [6.07, 6.45) is -5.72. The molecule has 5 rings (SSSR count). The van der Waals surface area contributed by atoms with Gasteiger partial charge in [-0.05, 0) is 41.5 Å². The quantitative estimate of drug-likeness (QED) is 0.216. The molecule has 3 aromatic heterocycles. The molecule has 0 amide bonds. The average Bonchev–Trinajstić information content (AvgIpc) is 3.28. The standard InChI is InChI=1S/C25H13F8N5/c26-18-3-1-2-16(22(18)27)23-36-20-10-35-38(12-21(20)37-23)11-13-4-7-19(34-9-13)15-6-5-14(24(28,29)30)8-17(15)25(31,32)33/h1-10,12H,11H2/p+1. The van der Waals surface area contributed by atoms with Gasteiger partial charge in [0, 0.05) is 17.3 Å². The summed E-state index contributed by atoms with van der Waals surface area (Å²) in [5, 5.41) is 4.19. The molecular formula is C25H14F8N5+. The maximum absolute atomic E-state index is 14.1. The highest BCUT2D eigenvalue weighted by Gasteiger charge is 2.38. The molecule has 1 N–H and O–H groups in total. The lowest BCUT2D eigenvalue weighted by Crippen LogP contribution is -2.37. The first kappa shape index (κ1) is 25.2. The van der Waals surface area contributed by atoms with Crippen LogP contribution in [0.15, 0.2) is 67.1 Å². The van der Waals surface area contributed by atoms with Gasteiger partial charge in [0.05, 0.1) is 22.4 Å². The number of nitrogens with one attached hydrogen (secondary N) is 1. The van der Waals surface area contributed by atoms with Gasteiger partial charge in [-0.15, -0.1) is 0 Å². The minimum Gasteiger partial charge on any atom is -0.333 e. The number of imidazole rings is 1. The Morgan fingerprint density at radius 1 is 0.842 bits per heavy atom. The number of pyridine rings is 1. The second-order valence-electron chi connectivity index (χ2n) is 8.26. The van der Waals surface area contributed by atoms with Crippen molar-refractivity contribution in [3.63, 3.8) is 0 Å². The van der Waals surface area contributed by atoms with E-state index in [0.29, 0.717) is 22.7 Å². The number of aromatic nitrogens is 5. The number of hydrogen-bond donors (Lipinski definition) is 1. The van der Waals surface area contributed by atoms with Crippen LogP contribution >= 0.6 is 0 Å². The maximum Gasteiger partial charge on any atom is 0.417 e. The molecule has 0 aliphatic heterocycles. The molecule has 0 bridgehead atoms. The Hall–Kier alpha value is -4.42. The number of hydrogen-bond acceptors (Lipinski definition) is 3. The van der Waals surface area contributed by atoms with Gasteiger partial charge in [0.2, 0.25) is 12.7 Å². The second kappa shape index (κ2) is 9.15. The number of halogens is 8. The largest absolute Gasteiger partial charge is 0.417 e.